The molecule has 5 rings (SSSR count). The van der Waals surface area contributed by atoms with Crippen molar-refractivity contribution in [2.75, 3.05) is 5.75 Å². The number of fused-ring (bicyclic) bond motifs is 4. The number of aliphatic carboxylic acids is 1. The molecule has 1 spiro atoms. The number of nitriles is 1. The van der Waals surface area contributed by atoms with Gasteiger partial charge < -0.3 is 20.7 Å². The fraction of sp³-hybridized carbons (Fsp3) is 0.375. The summed E-state index contributed by atoms with van der Waals surface area (Å²) in [7, 11) is 0. The van der Waals surface area contributed by atoms with Crippen molar-refractivity contribution in [1.29, 1.82) is 5.26 Å². The zero-order chi connectivity index (χ0) is 26.3. The molecule has 0 amide bonds. The van der Waals surface area contributed by atoms with Gasteiger partial charge in [0.25, 0.3) is 0 Å². The van der Waals surface area contributed by atoms with Crippen LogP contribution in [-0.4, -0.2) is 45.5 Å². The number of thioether (sulfide) groups is 1. The highest BCUT2D eigenvalue weighted by Crippen LogP contribution is 2.54. The van der Waals surface area contributed by atoms with E-state index in [2.05, 4.69) is 12.1 Å². The predicted molar refractivity (Wildman–Crippen MR) is 129 cm³/mol. The minimum absolute atomic E-state index is 0.0660. The van der Waals surface area contributed by atoms with E-state index in [4.69, 9.17) is 37.0 Å². The number of benzene rings is 2. The molecule has 1 aliphatic carbocycles. The molecular weight excluding hydrogens is 519 g/mol. The molecule has 1 saturated carbocycles. The maximum absolute atomic E-state index is 10.6. The van der Waals surface area contributed by atoms with Gasteiger partial charge in [0.15, 0.2) is 5.17 Å². The molecule has 2 aromatic carbocycles. The van der Waals surface area contributed by atoms with Crippen molar-refractivity contribution >= 4 is 34.5 Å². The Labute approximate surface area is 213 Å². The summed E-state index contributed by atoms with van der Waals surface area (Å²) < 4.78 is 38.1. The molecule has 36 heavy (non-hydrogen) atoms. The Hall–Kier alpha value is -2.94. The minimum Gasteiger partial charge on any atom is -0.490 e. The fourth-order valence-corrected chi connectivity index (χ4v) is 6.16. The molecule has 1 fully saturated rings. The molecule has 0 aromatic heterocycles. The number of nitrogens with zero attached hydrogens (tertiary/aromatic N) is 2. The monoisotopic (exact) mass is 539 g/mol. The van der Waals surface area contributed by atoms with Crippen LogP contribution in [0, 0.1) is 17.2 Å². The molecule has 0 radical (unpaired) electrons. The molecule has 12 heteroatoms. The van der Waals surface area contributed by atoms with E-state index in [1.807, 2.05) is 24.3 Å². The lowest BCUT2D eigenvalue weighted by molar-refractivity contribution is -0.192. The van der Waals surface area contributed by atoms with Crippen LogP contribution in [0.4, 0.5) is 13.2 Å². The van der Waals surface area contributed by atoms with Gasteiger partial charge in [-0.2, -0.15) is 18.4 Å². The first-order chi connectivity index (χ1) is 16.9. The Kier molecular flexibility index (Phi) is 7.14. The molecule has 7 nitrogen and oxygen atoms in total. The number of aliphatic hydroxyl groups is 1. The normalized spacial score (nSPS) is 26.4. The van der Waals surface area contributed by atoms with Gasteiger partial charge in [-0.25, -0.2) is 9.79 Å². The van der Waals surface area contributed by atoms with Gasteiger partial charge in [-0.15, -0.1) is 0 Å². The number of hydrogen-bond donors (Lipinski definition) is 3. The number of amidine groups is 1. The second kappa shape index (κ2) is 9.84. The summed E-state index contributed by atoms with van der Waals surface area (Å²) >= 11 is 7.80. The Morgan fingerprint density at radius 2 is 1.97 bits per heavy atom. The molecule has 1 unspecified atom stereocenters. The number of halogens is 4. The lowest BCUT2D eigenvalue weighted by Gasteiger charge is -2.48. The third kappa shape index (κ3) is 5.12. The number of rotatable bonds is 1. The molecule has 4 atom stereocenters. The second-order valence-corrected chi connectivity index (χ2v) is 10.2. The molecule has 3 aliphatic rings. The molecule has 2 aromatic rings. The van der Waals surface area contributed by atoms with Crippen LogP contribution in [0.1, 0.15) is 30.4 Å². The van der Waals surface area contributed by atoms with Crippen LogP contribution in [0.25, 0.3) is 11.1 Å². The molecule has 4 N–H and O–H groups in total. The highest BCUT2D eigenvalue weighted by molar-refractivity contribution is 8.14. The third-order valence-corrected chi connectivity index (χ3v) is 7.64. The van der Waals surface area contributed by atoms with E-state index in [1.165, 1.54) is 0 Å². The second-order valence-electron chi connectivity index (χ2n) is 8.75. The van der Waals surface area contributed by atoms with Gasteiger partial charge in [0, 0.05) is 28.7 Å². The van der Waals surface area contributed by atoms with Crippen molar-refractivity contribution in [3.05, 3.63) is 52.5 Å². The number of alkyl halides is 3. The molecule has 2 aliphatic heterocycles. The Morgan fingerprint density at radius 3 is 2.58 bits per heavy atom. The summed E-state index contributed by atoms with van der Waals surface area (Å²) in [6, 6.07) is 13.6. The smallest absolute Gasteiger partial charge is 0.490 e. The average molecular weight is 540 g/mol. The largest absolute Gasteiger partial charge is 0.490 e. The van der Waals surface area contributed by atoms with Crippen LogP contribution >= 0.6 is 23.4 Å². The van der Waals surface area contributed by atoms with Gasteiger partial charge in [-0.3, -0.25) is 0 Å². The number of carboxylic acids is 1. The lowest BCUT2D eigenvalue weighted by Crippen LogP contribution is -2.51. The number of aliphatic hydroxyl groups excluding tert-OH is 1. The highest BCUT2D eigenvalue weighted by atomic mass is 35.5. The average Bonchev–Trinajstić information content (AvgIpc) is 3.20. The standard InChI is InChI=1S/C22H20ClN3O2S.C2HF3O2/c23-15-6-12(10-24)5-14(7-15)13-1-4-19-18(8-13)22(11-29-21(25)26-22)17-3-2-16(27)9-20(17)28-19;3-2(4,5)1(6)7/h1,4-8,16-17,20,27H,2-3,9,11H2,(H2,25,26);(H,6,7)/t16-,17-,20-,22?;/m0./s1. The van der Waals surface area contributed by atoms with Crippen LogP contribution in [0.3, 0.4) is 0 Å². The zero-order valence-electron chi connectivity index (χ0n) is 18.6. The van der Waals surface area contributed by atoms with Crippen LogP contribution in [0.5, 0.6) is 5.75 Å². The van der Waals surface area contributed by atoms with Crippen LogP contribution < -0.4 is 10.5 Å². The maximum Gasteiger partial charge on any atom is 0.490 e. The molecular formula is C24H21ClF3N3O4S. The van der Waals surface area contributed by atoms with Crippen LogP contribution in [0.15, 0.2) is 41.4 Å². The van der Waals surface area contributed by atoms with Crippen molar-refractivity contribution in [3.8, 4) is 22.9 Å². The molecule has 2 heterocycles. The van der Waals surface area contributed by atoms with E-state index in [9.17, 15) is 23.5 Å². The third-order valence-electron chi connectivity index (χ3n) is 6.45. The minimum atomic E-state index is -5.08. The van der Waals surface area contributed by atoms with E-state index >= 15 is 0 Å². The zero-order valence-corrected chi connectivity index (χ0v) is 20.2. The van der Waals surface area contributed by atoms with E-state index in [0.29, 0.717) is 22.2 Å². The first-order valence-corrected chi connectivity index (χ1v) is 12.3. The van der Waals surface area contributed by atoms with Gasteiger partial charge in [0.1, 0.15) is 17.4 Å². The topological polar surface area (TPSA) is 129 Å². The summed E-state index contributed by atoms with van der Waals surface area (Å²) in [6.07, 6.45) is -3.26. The van der Waals surface area contributed by atoms with Crippen molar-refractivity contribution in [1.82, 2.24) is 0 Å². The predicted octanol–water partition coefficient (Wildman–Crippen LogP) is 4.69. The van der Waals surface area contributed by atoms with Crippen LogP contribution in [0.2, 0.25) is 5.02 Å². The van der Waals surface area contributed by atoms with Gasteiger partial charge in [0.05, 0.1) is 17.7 Å². The number of nitrogens with two attached hydrogens (primary N) is 1. The lowest BCUT2D eigenvalue weighted by atomic mass is 9.68. The summed E-state index contributed by atoms with van der Waals surface area (Å²) in [4.78, 5) is 13.8. The highest BCUT2D eigenvalue weighted by Gasteiger charge is 2.54. The Balaban J connectivity index is 0.000000384. The summed E-state index contributed by atoms with van der Waals surface area (Å²) in [5.41, 5.74) is 9.08. The van der Waals surface area contributed by atoms with Gasteiger partial charge in [-0.05, 0) is 54.3 Å². The van der Waals surface area contributed by atoms with Gasteiger partial charge in [0.2, 0.25) is 0 Å². The van der Waals surface area contributed by atoms with Crippen molar-refractivity contribution in [2.45, 2.75) is 43.2 Å². The van der Waals surface area contributed by atoms with E-state index in [1.54, 1.807) is 17.8 Å². The first-order valence-electron chi connectivity index (χ1n) is 10.9. The number of ether oxygens (including phenoxy) is 1. The summed E-state index contributed by atoms with van der Waals surface area (Å²) in [5.74, 6) is -1.01. The van der Waals surface area contributed by atoms with Gasteiger partial charge in [-0.1, -0.05) is 29.4 Å². The van der Waals surface area contributed by atoms with Crippen molar-refractivity contribution < 1.29 is 32.9 Å². The summed E-state index contributed by atoms with van der Waals surface area (Å²) in [6.45, 7) is 0. The molecule has 0 bridgehead atoms. The van der Waals surface area contributed by atoms with Crippen molar-refractivity contribution in [2.24, 2.45) is 16.6 Å². The van der Waals surface area contributed by atoms with Gasteiger partial charge >= 0.3 is 12.1 Å². The Morgan fingerprint density at radius 1 is 1.25 bits per heavy atom. The van der Waals surface area contributed by atoms with Crippen molar-refractivity contribution in [3.63, 3.8) is 0 Å². The van der Waals surface area contributed by atoms with E-state index in [-0.39, 0.29) is 18.1 Å². The first kappa shape index (κ1) is 26.1. The number of carboxylic acid groups (broad SMARTS) is 1. The number of aliphatic imine (C=N–C) groups is 1. The van der Waals surface area contributed by atoms with E-state index < -0.39 is 17.7 Å². The quantitative estimate of drug-likeness (QED) is 0.479. The molecule has 190 valence electrons. The Bertz CT molecular complexity index is 1270. The fourth-order valence-electron chi connectivity index (χ4n) is 4.89. The number of carbonyl (C=O) groups is 1. The van der Waals surface area contributed by atoms with E-state index in [0.717, 1.165) is 41.0 Å². The summed E-state index contributed by atoms with van der Waals surface area (Å²) in [5, 5.41) is 27.7. The number of hydrogen-bond acceptors (Lipinski definition) is 7. The SMILES string of the molecule is N#Cc1cc(Cl)cc(-c2ccc3c(c2)C2(CSC(N)=N2)[C@H]2CC[C@H](O)C[C@@H]2O3)c1.O=C(O)C(F)(F)F. The van der Waals surface area contributed by atoms with Crippen LogP contribution in [-0.2, 0) is 10.3 Å². The maximum atomic E-state index is 10.6. The molecule has 0 saturated heterocycles.